The molecule has 2 atom stereocenters. The van der Waals surface area contributed by atoms with Gasteiger partial charge in [0.25, 0.3) is 5.91 Å². The molecule has 0 bridgehead atoms. The van der Waals surface area contributed by atoms with Crippen molar-refractivity contribution < 1.29 is 14.0 Å². The van der Waals surface area contributed by atoms with Crippen molar-refractivity contribution in [2.24, 2.45) is 0 Å². The van der Waals surface area contributed by atoms with E-state index in [1.54, 1.807) is 36.6 Å². The van der Waals surface area contributed by atoms with Gasteiger partial charge in [-0.3, -0.25) is 9.59 Å². The number of furan rings is 1. The van der Waals surface area contributed by atoms with Crippen LogP contribution in [-0.2, 0) is 4.79 Å². The highest BCUT2D eigenvalue weighted by Gasteiger charge is 2.24. The minimum atomic E-state index is -0.539. The van der Waals surface area contributed by atoms with Gasteiger partial charge in [-0.2, -0.15) is 0 Å². The van der Waals surface area contributed by atoms with Crippen LogP contribution in [-0.4, -0.2) is 11.8 Å². The van der Waals surface area contributed by atoms with Crippen molar-refractivity contribution in [3.05, 3.63) is 131 Å². The van der Waals surface area contributed by atoms with Crippen molar-refractivity contribution in [2.45, 2.75) is 18.5 Å². The van der Waals surface area contributed by atoms with E-state index in [-0.39, 0.29) is 18.2 Å². The summed E-state index contributed by atoms with van der Waals surface area (Å²) in [5.41, 5.74) is 2.08. The molecule has 0 aliphatic rings. The lowest BCUT2D eigenvalue weighted by Crippen LogP contribution is -2.35. The van der Waals surface area contributed by atoms with E-state index in [1.165, 1.54) is 0 Å². The van der Waals surface area contributed by atoms with Gasteiger partial charge in [0.2, 0.25) is 5.91 Å². The van der Waals surface area contributed by atoms with E-state index in [2.05, 4.69) is 10.6 Å². The van der Waals surface area contributed by atoms with E-state index in [9.17, 15) is 9.59 Å². The molecule has 166 valence electrons. The van der Waals surface area contributed by atoms with Gasteiger partial charge in [-0.1, -0.05) is 84.4 Å². The molecule has 2 amide bonds. The third-order valence-corrected chi connectivity index (χ3v) is 5.61. The molecule has 0 radical (unpaired) electrons. The molecule has 5 nitrogen and oxygen atoms in total. The van der Waals surface area contributed by atoms with Crippen LogP contribution in [0.4, 0.5) is 0 Å². The summed E-state index contributed by atoms with van der Waals surface area (Å²) >= 11 is 6.20. The van der Waals surface area contributed by atoms with Crippen molar-refractivity contribution in [2.75, 3.05) is 0 Å². The molecule has 0 saturated carbocycles. The molecular weight excluding hydrogens is 436 g/mol. The summed E-state index contributed by atoms with van der Waals surface area (Å²) in [5.74, 6) is 0.0624. The number of halogens is 1. The van der Waals surface area contributed by atoms with Crippen molar-refractivity contribution >= 4 is 23.4 Å². The Balaban J connectivity index is 1.55. The maximum Gasteiger partial charge on any atom is 0.253 e. The summed E-state index contributed by atoms with van der Waals surface area (Å²) in [5, 5.41) is 6.37. The lowest BCUT2D eigenvalue weighted by Gasteiger charge is -2.22. The maximum atomic E-state index is 13.2. The average Bonchev–Trinajstić information content (AvgIpc) is 3.38. The molecule has 0 aliphatic carbocycles. The van der Waals surface area contributed by atoms with Crippen molar-refractivity contribution in [1.29, 1.82) is 0 Å². The van der Waals surface area contributed by atoms with E-state index in [4.69, 9.17) is 16.0 Å². The predicted octanol–water partition coefficient (Wildman–Crippen LogP) is 5.70. The average molecular weight is 459 g/mol. The van der Waals surface area contributed by atoms with Gasteiger partial charge in [0.05, 0.1) is 29.3 Å². The van der Waals surface area contributed by atoms with Gasteiger partial charge in [-0.25, -0.2) is 0 Å². The number of hydrogen-bond acceptors (Lipinski definition) is 3. The molecule has 4 rings (SSSR count). The highest BCUT2D eigenvalue weighted by molar-refractivity contribution is 6.33. The first kappa shape index (κ1) is 22.4. The van der Waals surface area contributed by atoms with Gasteiger partial charge in [0.1, 0.15) is 11.8 Å². The van der Waals surface area contributed by atoms with Crippen molar-refractivity contribution in [3.8, 4) is 0 Å². The van der Waals surface area contributed by atoms with E-state index >= 15 is 0 Å². The highest BCUT2D eigenvalue weighted by atomic mass is 35.5. The largest absolute Gasteiger partial charge is 0.467 e. The minimum Gasteiger partial charge on any atom is -0.467 e. The first-order valence-electron chi connectivity index (χ1n) is 10.6. The molecule has 33 heavy (non-hydrogen) atoms. The topological polar surface area (TPSA) is 71.3 Å². The van der Waals surface area contributed by atoms with Gasteiger partial charge in [-0.05, 0) is 35.4 Å². The Hall–Kier alpha value is -3.83. The SMILES string of the molecule is O=C(CC(NC(=O)c1ccccc1Cl)c1ccccc1)NC(c1ccccc1)c1ccco1. The number of benzene rings is 3. The van der Waals surface area contributed by atoms with Crippen LogP contribution in [0.3, 0.4) is 0 Å². The Labute approximate surface area is 197 Å². The first-order chi connectivity index (χ1) is 16.1. The molecule has 1 aromatic heterocycles. The van der Waals surface area contributed by atoms with Crippen LogP contribution in [0, 0.1) is 0 Å². The quantitative estimate of drug-likeness (QED) is 0.355. The first-order valence-corrected chi connectivity index (χ1v) is 11.0. The summed E-state index contributed by atoms with van der Waals surface area (Å²) in [6, 6.07) is 28.5. The van der Waals surface area contributed by atoms with Gasteiger partial charge in [-0.15, -0.1) is 0 Å². The van der Waals surface area contributed by atoms with Crippen LogP contribution in [0.1, 0.15) is 45.7 Å². The van der Waals surface area contributed by atoms with Gasteiger partial charge in [0, 0.05) is 0 Å². The second-order valence-electron chi connectivity index (χ2n) is 7.55. The zero-order chi connectivity index (χ0) is 23.0. The monoisotopic (exact) mass is 458 g/mol. The number of hydrogen-bond donors (Lipinski definition) is 2. The van der Waals surface area contributed by atoms with Gasteiger partial charge >= 0.3 is 0 Å². The molecule has 0 aliphatic heterocycles. The lowest BCUT2D eigenvalue weighted by molar-refractivity contribution is -0.122. The van der Waals surface area contributed by atoms with Crippen LogP contribution in [0.2, 0.25) is 5.02 Å². The molecule has 3 aromatic carbocycles. The third-order valence-electron chi connectivity index (χ3n) is 5.28. The summed E-state index contributed by atoms with van der Waals surface area (Å²) < 4.78 is 5.58. The maximum absolute atomic E-state index is 13.2. The molecule has 2 unspecified atom stereocenters. The van der Waals surface area contributed by atoms with Gasteiger partial charge < -0.3 is 15.1 Å². The lowest BCUT2D eigenvalue weighted by atomic mass is 10.0. The fourth-order valence-corrected chi connectivity index (χ4v) is 3.87. The van der Waals surface area contributed by atoms with E-state index in [0.29, 0.717) is 16.3 Å². The van der Waals surface area contributed by atoms with Crippen LogP contribution in [0.15, 0.2) is 108 Å². The summed E-state index contributed by atoms with van der Waals surface area (Å²) in [6.45, 7) is 0. The van der Waals surface area contributed by atoms with E-state index in [0.717, 1.165) is 11.1 Å². The van der Waals surface area contributed by atoms with Crippen molar-refractivity contribution in [3.63, 3.8) is 0 Å². The minimum absolute atomic E-state index is 0.0459. The molecule has 2 N–H and O–H groups in total. The summed E-state index contributed by atoms with van der Waals surface area (Å²) in [4.78, 5) is 26.1. The van der Waals surface area contributed by atoms with Crippen LogP contribution >= 0.6 is 11.6 Å². The standard InChI is InChI=1S/C27H23ClN2O3/c28-22-15-8-7-14-21(22)27(32)29-23(19-10-3-1-4-11-19)18-25(31)30-26(24-16-9-17-33-24)20-12-5-2-6-13-20/h1-17,23,26H,18H2,(H,29,32)(H,30,31). The summed E-state index contributed by atoms with van der Waals surface area (Å²) in [7, 11) is 0. The fraction of sp³-hybridized carbons (Fsp3) is 0.111. The Morgan fingerprint density at radius 2 is 1.39 bits per heavy atom. The van der Waals surface area contributed by atoms with E-state index in [1.807, 2.05) is 66.7 Å². The Bertz CT molecular complexity index is 1190. The van der Waals surface area contributed by atoms with Crippen LogP contribution in [0.5, 0.6) is 0 Å². The van der Waals surface area contributed by atoms with Crippen molar-refractivity contribution in [1.82, 2.24) is 10.6 Å². The second kappa shape index (κ2) is 10.7. The molecule has 0 fully saturated rings. The predicted molar refractivity (Wildman–Crippen MR) is 128 cm³/mol. The van der Waals surface area contributed by atoms with Crippen LogP contribution < -0.4 is 10.6 Å². The Morgan fingerprint density at radius 3 is 2.03 bits per heavy atom. The molecule has 6 heteroatoms. The van der Waals surface area contributed by atoms with Gasteiger partial charge in [0.15, 0.2) is 0 Å². The molecular formula is C27H23ClN2O3. The zero-order valence-corrected chi connectivity index (χ0v) is 18.5. The molecule has 0 saturated heterocycles. The van der Waals surface area contributed by atoms with E-state index < -0.39 is 12.1 Å². The summed E-state index contributed by atoms with van der Waals surface area (Å²) in [6.07, 6.45) is 1.62. The number of rotatable bonds is 8. The molecule has 0 spiro atoms. The highest BCUT2D eigenvalue weighted by Crippen LogP contribution is 2.24. The zero-order valence-electron chi connectivity index (χ0n) is 17.8. The normalized spacial score (nSPS) is 12.5. The number of carbonyl (C=O) groups is 2. The third kappa shape index (κ3) is 5.70. The fourth-order valence-electron chi connectivity index (χ4n) is 3.64. The second-order valence-corrected chi connectivity index (χ2v) is 7.95. The number of carbonyl (C=O) groups excluding carboxylic acids is 2. The smallest absolute Gasteiger partial charge is 0.253 e. The number of nitrogens with one attached hydrogen (secondary N) is 2. The number of amides is 2. The molecule has 4 aromatic rings. The Morgan fingerprint density at radius 1 is 0.758 bits per heavy atom. The Kier molecular flexibility index (Phi) is 7.22. The molecule has 1 heterocycles. The van der Waals surface area contributed by atoms with Crippen LogP contribution in [0.25, 0.3) is 0 Å².